The van der Waals surface area contributed by atoms with Crippen LogP contribution in [0.25, 0.3) is 0 Å². The normalized spacial score (nSPS) is 21.9. The van der Waals surface area contributed by atoms with Crippen LogP contribution in [0, 0.1) is 6.92 Å². The summed E-state index contributed by atoms with van der Waals surface area (Å²) in [4.78, 5) is 14.7. The zero-order valence-electron chi connectivity index (χ0n) is 17.3. The van der Waals surface area contributed by atoms with E-state index in [1.807, 2.05) is 31.2 Å². The van der Waals surface area contributed by atoms with Crippen LogP contribution in [-0.4, -0.2) is 66.2 Å². The van der Waals surface area contributed by atoms with Crippen molar-refractivity contribution in [1.82, 2.24) is 20.0 Å². The summed E-state index contributed by atoms with van der Waals surface area (Å²) in [6.07, 6.45) is -4.67. The molecule has 2 aliphatic heterocycles. The Balaban J connectivity index is 1.48. The van der Waals surface area contributed by atoms with Crippen molar-refractivity contribution in [3.05, 3.63) is 47.2 Å². The van der Waals surface area contributed by atoms with E-state index in [1.165, 1.54) is 6.07 Å². The van der Waals surface area contributed by atoms with Gasteiger partial charge in [0.2, 0.25) is 0 Å². The molecule has 1 fully saturated rings. The molecular weight excluding hydrogens is 411 g/mol. The van der Waals surface area contributed by atoms with E-state index in [1.54, 1.807) is 0 Å². The molecule has 2 atom stereocenters. The number of benzene rings is 1. The predicted octanol–water partition coefficient (Wildman–Crippen LogP) is 2.91. The minimum Gasteiger partial charge on any atom is -0.379 e. The number of hydrogen-bond donors (Lipinski definition) is 2. The van der Waals surface area contributed by atoms with Crippen molar-refractivity contribution in [3.63, 3.8) is 0 Å². The minimum atomic E-state index is -4.48. The molecule has 2 aromatic rings. The number of aromatic nitrogens is 2. The Morgan fingerprint density at radius 3 is 2.65 bits per heavy atom. The highest BCUT2D eigenvalue weighted by molar-refractivity contribution is 5.93. The summed E-state index contributed by atoms with van der Waals surface area (Å²) < 4.78 is 47.5. The van der Waals surface area contributed by atoms with Gasteiger partial charge in [-0.3, -0.25) is 9.69 Å². The fraction of sp³-hybridized carbons (Fsp3) is 0.524. The van der Waals surface area contributed by atoms with Crippen molar-refractivity contribution in [3.8, 4) is 0 Å². The lowest BCUT2D eigenvalue weighted by Gasteiger charge is -2.33. The molecule has 2 N–H and O–H groups in total. The van der Waals surface area contributed by atoms with Gasteiger partial charge in [-0.25, -0.2) is 4.68 Å². The zero-order chi connectivity index (χ0) is 22.0. The molecule has 4 rings (SSSR count). The van der Waals surface area contributed by atoms with Crippen molar-refractivity contribution in [2.24, 2.45) is 0 Å². The van der Waals surface area contributed by atoms with Gasteiger partial charge in [0.15, 0.2) is 11.7 Å². The topological polar surface area (TPSA) is 71.4 Å². The first-order valence-corrected chi connectivity index (χ1v) is 10.4. The monoisotopic (exact) mass is 437 g/mol. The lowest BCUT2D eigenvalue weighted by atomic mass is 9.96. The quantitative estimate of drug-likeness (QED) is 0.753. The highest BCUT2D eigenvalue weighted by Crippen LogP contribution is 2.43. The van der Waals surface area contributed by atoms with Gasteiger partial charge in [0.05, 0.1) is 19.3 Å². The maximum atomic E-state index is 13.8. The standard InChI is InChI=1S/C21H26F3N5O2/c1-14-2-4-15(5-3-14)16-12-18(21(22,23)24)29-19(26-16)13-17(27-29)20(30)25-6-7-28-8-10-31-11-9-28/h2-5,13,16,18,26H,6-12H2,1H3,(H,25,30)/t16-,18-/m1/s1. The van der Waals surface area contributed by atoms with Crippen molar-refractivity contribution < 1.29 is 22.7 Å². The number of amides is 1. The lowest BCUT2D eigenvalue weighted by molar-refractivity contribution is -0.173. The second-order valence-corrected chi connectivity index (χ2v) is 7.97. The summed E-state index contributed by atoms with van der Waals surface area (Å²) in [5.41, 5.74) is 1.78. The minimum absolute atomic E-state index is 0.0247. The number of hydrogen-bond acceptors (Lipinski definition) is 5. The fourth-order valence-corrected chi connectivity index (χ4v) is 3.94. The average Bonchev–Trinajstić information content (AvgIpc) is 3.18. The van der Waals surface area contributed by atoms with Crippen molar-refractivity contribution in [2.45, 2.75) is 31.6 Å². The van der Waals surface area contributed by atoms with Gasteiger partial charge >= 0.3 is 6.18 Å². The first kappa shape index (κ1) is 21.6. The van der Waals surface area contributed by atoms with Crippen LogP contribution in [0.5, 0.6) is 0 Å². The van der Waals surface area contributed by atoms with E-state index in [2.05, 4.69) is 20.6 Å². The third-order valence-corrected chi connectivity index (χ3v) is 5.72. The summed E-state index contributed by atoms with van der Waals surface area (Å²) in [7, 11) is 0. The molecule has 1 aromatic carbocycles. The van der Waals surface area contributed by atoms with Crippen LogP contribution < -0.4 is 10.6 Å². The number of rotatable bonds is 5. The molecule has 7 nitrogen and oxygen atoms in total. The SMILES string of the molecule is Cc1ccc([C@H]2C[C@H](C(F)(F)F)n3nc(C(=O)NCCN4CCOCC4)cc3N2)cc1. The number of nitrogens with zero attached hydrogens (tertiary/aromatic N) is 3. The molecule has 0 bridgehead atoms. The summed E-state index contributed by atoms with van der Waals surface area (Å²) >= 11 is 0. The number of aryl methyl sites for hydroxylation is 1. The summed E-state index contributed by atoms with van der Waals surface area (Å²) in [5, 5.41) is 9.86. The van der Waals surface area contributed by atoms with Crippen molar-refractivity contribution >= 4 is 11.7 Å². The summed E-state index contributed by atoms with van der Waals surface area (Å²) in [6.45, 7) is 5.89. The molecule has 31 heavy (non-hydrogen) atoms. The van der Waals surface area contributed by atoms with Crippen LogP contribution in [0.1, 0.15) is 40.1 Å². The Hall–Kier alpha value is -2.59. The number of halogens is 3. The van der Waals surface area contributed by atoms with Gasteiger partial charge in [-0.2, -0.15) is 18.3 Å². The van der Waals surface area contributed by atoms with Crippen LogP contribution in [0.15, 0.2) is 30.3 Å². The molecule has 1 aromatic heterocycles. The highest BCUT2D eigenvalue weighted by atomic mass is 19.4. The summed E-state index contributed by atoms with van der Waals surface area (Å²) in [5.74, 6) is -0.290. The van der Waals surface area contributed by atoms with Gasteiger partial charge in [-0.15, -0.1) is 0 Å². The van der Waals surface area contributed by atoms with E-state index >= 15 is 0 Å². The average molecular weight is 437 g/mol. The molecule has 1 saturated heterocycles. The van der Waals surface area contributed by atoms with E-state index in [-0.39, 0.29) is 17.9 Å². The van der Waals surface area contributed by atoms with Gasteiger partial charge in [0, 0.05) is 38.7 Å². The maximum absolute atomic E-state index is 13.8. The maximum Gasteiger partial charge on any atom is 0.410 e. The molecule has 2 aliphatic rings. The molecule has 0 aliphatic carbocycles. The van der Waals surface area contributed by atoms with Crippen LogP contribution in [0.2, 0.25) is 0 Å². The molecule has 0 unspecified atom stereocenters. The van der Waals surface area contributed by atoms with Gasteiger partial charge in [0.25, 0.3) is 5.91 Å². The number of alkyl halides is 3. The largest absolute Gasteiger partial charge is 0.410 e. The molecule has 10 heteroatoms. The number of anilines is 1. The van der Waals surface area contributed by atoms with Gasteiger partial charge < -0.3 is 15.4 Å². The molecule has 168 valence electrons. The second kappa shape index (κ2) is 8.88. The van der Waals surface area contributed by atoms with Gasteiger partial charge in [-0.05, 0) is 12.5 Å². The number of ether oxygens (including phenoxy) is 1. The smallest absolute Gasteiger partial charge is 0.379 e. The Morgan fingerprint density at radius 2 is 1.97 bits per heavy atom. The first-order chi connectivity index (χ1) is 14.8. The van der Waals surface area contributed by atoms with Crippen LogP contribution in [0.3, 0.4) is 0 Å². The van der Waals surface area contributed by atoms with Gasteiger partial charge in [0.1, 0.15) is 5.82 Å². The number of morpholine rings is 1. The van der Waals surface area contributed by atoms with Crippen LogP contribution in [-0.2, 0) is 4.74 Å². The molecule has 1 amide bonds. The van der Waals surface area contributed by atoms with E-state index in [9.17, 15) is 18.0 Å². The molecule has 3 heterocycles. The van der Waals surface area contributed by atoms with E-state index < -0.39 is 24.2 Å². The Kier molecular flexibility index (Phi) is 6.19. The Labute approximate surface area is 178 Å². The number of carbonyl (C=O) groups excluding carboxylic acids is 1. The first-order valence-electron chi connectivity index (χ1n) is 10.4. The molecular formula is C21H26F3N5O2. The predicted molar refractivity (Wildman–Crippen MR) is 109 cm³/mol. The third-order valence-electron chi connectivity index (χ3n) is 5.72. The molecule has 0 saturated carbocycles. The Morgan fingerprint density at radius 1 is 1.26 bits per heavy atom. The second-order valence-electron chi connectivity index (χ2n) is 7.97. The number of carbonyl (C=O) groups is 1. The van der Waals surface area contributed by atoms with E-state index in [0.717, 1.165) is 28.9 Å². The van der Waals surface area contributed by atoms with E-state index in [0.29, 0.717) is 26.3 Å². The van der Waals surface area contributed by atoms with Crippen LogP contribution >= 0.6 is 0 Å². The Bertz CT molecular complexity index is 907. The van der Waals surface area contributed by atoms with Crippen LogP contribution in [0.4, 0.5) is 19.0 Å². The number of nitrogens with one attached hydrogen (secondary N) is 2. The van der Waals surface area contributed by atoms with E-state index in [4.69, 9.17) is 4.74 Å². The lowest BCUT2D eigenvalue weighted by Crippen LogP contribution is -2.41. The highest BCUT2D eigenvalue weighted by Gasteiger charge is 2.46. The van der Waals surface area contributed by atoms with Crippen molar-refractivity contribution in [1.29, 1.82) is 0 Å². The summed E-state index contributed by atoms with van der Waals surface area (Å²) in [6, 6.07) is 6.47. The third kappa shape index (κ3) is 5.01. The molecule has 0 radical (unpaired) electrons. The van der Waals surface area contributed by atoms with Crippen molar-refractivity contribution in [2.75, 3.05) is 44.7 Å². The molecule has 0 spiro atoms. The zero-order valence-corrected chi connectivity index (χ0v) is 17.3. The fourth-order valence-electron chi connectivity index (χ4n) is 3.94. The number of fused-ring (bicyclic) bond motifs is 1. The van der Waals surface area contributed by atoms with Gasteiger partial charge in [-0.1, -0.05) is 29.8 Å².